The third-order valence-corrected chi connectivity index (χ3v) is 7.08. The first-order valence-electron chi connectivity index (χ1n) is 10.7. The number of ether oxygens (including phenoxy) is 1. The van der Waals surface area contributed by atoms with Crippen molar-refractivity contribution in [1.29, 1.82) is 0 Å². The van der Waals surface area contributed by atoms with Crippen LogP contribution in [0.2, 0.25) is 0 Å². The molecule has 5 rings (SSSR count). The number of methoxy groups -OCH3 is 1. The molecule has 1 atom stereocenters. The van der Waals surface area contributed by atoms with Crippen LogP contribution in [-0.2, 0) is 11.2 Å². The van der Waals surface area contributed by atoms with E-state index in [1.54, 1.807) is 7.11 Å². The molecule has 2 aliphatic heterocycles. The second-order valence-corrected chi connectivity index (χ2v) is 9.59. The van der Waals surface area contributed by atoms with Gasteiger partial charge in [0.2, 0.25) is 0 Å². The van der Waals surface area contributed by atoms with E-state index in [1.165, 1.54) is 12.3 Å². The predicted octanol–water partition coefficient (Wildman–Crippen LogP) is 3.14. The molecule has 31 heavy (non-hydrogen) atoms. The van der Waals surface area contributed by atoms with Gasteiger partial charge in [-0.05, 0) is 30.0 Å². The minimum Gasteiger partial charge on any atom is -0.495 e. The third kappa shape index (κ3) is 2.98. The maximum absolute atomic E-state index is 12.5. The molecule has 7 heteroatoms. The Bertz CT molecular complexity index is 1160. The molecule has 1 unspecified atom stereocenters. The second-order valence-electron chi connectivity index (χ2n) is 9.59. The molecule has 1 aromatic carbocycles. The molecule has 1 aromatic heterocycles. The number of fused-ring (bicyclic) bond motifs is 3. The van der Waals surface area contributed by atoms with Crippen LogP contribution >= 0.6 is 0 Å². The Balaban J connectivity index is 1.60. The van der Waals surface area contributed by atoms with Gasteiger partial charge < -0.3 is 19.3 Å². The molecule has 1 saturated carbocycles. The van der Waals surface area contributed by atoms with Crippen molar-refractivity contribution in [3.63, 3.8) is 0 Å². The number of benzene rings is 1. The summed E-state index contributed by atoms with van der Waals surface area (Å²) in [6, 6.07) is 5.60. The standard InChI is InChI=1S/C24H26N2O5/c1-13(2)18-4-14-5-20(25-11-24(12-25)8-15(27)9-24)22(31-3)6-16(14)19-7-21(28)17(23(29)30)10-26(18)19/h5-7,10,13,18H,4,8-9,11-12H2,1-3H3,(H,29,30). The lowest BCUT2D eigenvalue weighted by Crippen LogP contribution is -2.62. The minimum absolute atomic E-state index is 0.0504. The Morgan fingerprint density at radius 1 is 1.19 bits per heavy atom. The van der Waals surface area contributed by atoms with Crippen LogP contribution < -0.4 is 15.1 Å². The zero-order chi connectivity index (χ0) is 22.1. The summed E-state index contributed by atoms with van der Waals surface area (Å²) in [5, 5.41) is 9.42. The summed E-state index contributed by atoms with van der Waals surface area (Å²) in [5.41, 5.74) is 3.23. The number of nitrogens with zero attached hydrogens (tertiary/aromatic N) is 2. The lowest BCUT2D eigenvalue weighted by Gasteiger charge is -2.56. The van der Waals surface area contributed by atoms with Crippen LogP contribution in [0.5, 0.6) is 5.75 Å². The number of carbonyl (C=O) groups excluding carboxylic acids is 1. The van der Waals surface area contributed by atoms with Gasteiger partial charge in [-0.3, -0.25) is 9.59 Å². The van der Waals surface area contributed by atoms with Crippen LogP contribution in [0, 0.1) is 11.3 Å². The Morgan fingerprint density at radius 3 is 2.48 bits per heavy atom. The summed E-state index contributed by atoms with van der Waals surface area (Å²) in [4.78, 5) is 37.7. The summed E-state index contributed by atoms with van der Waals surface area (Å²) in [7, 11) is 1.63. The number of carboxylic acids is 1. The zero-order valence-electron chi connectivity index (χ0n) is 18.0. The van der Waals surface area contributed by atoms with Gasteiger partial charge in [0.15, 0.2) is 5.43 Å². The van der Waals surface area contributed by atoms with Crippen LogP contribution in [0.1, 0.15) is 48.7 Å². The Hall–Kier alpha value is -3.09. The highest BCUT2D eigenvalue weighted by Crippen LogP contribution is 2.51. The van der Waals surface area contributed by atoms with E-state index in [1.807, 2.05) is 10.6 Å². The molecule has 7 nitrogen and oxygen atoms in total. The van der Waals surface area contributed by atoms with Crippen molar-refractivity contribution < 1.29 is 19.4 Å². The molecule has 0 bridgehead atoms. The van der Waals surface area contributed by atoms with Crippen molar-refractivity contribution in [2.45, 2.75) is 39.2 Å². The smallest absolute Gasteiger partial charge is 0.341 e. The number of carboxylic acid groups (broad SMARTS) is 1. The molecule has 0 amide bonds. The molecule has 0 radical (unpaired) electrons. The SMILES string of the molecule is COc1cc2c(cc1N1CC3(CC(=O)C3)C1)CC(C(C)C)n1cc(C(=O)O)c(=O)cc1-2. The molecule has 3 aliphatic rings. The number of carbonyl (C=O) groups is 2. The van der Waals surface area contributed by atoms with E-state index in [-0.39, 0.29) is 22.9 Å². The highest BCUT2D eigenvalue weighted by Gasteiger charge is 2.52. The van der Waals surface area contributed by atoms with Crippen molar-refractivity contribution >= 4 is 17.4 Å². The van der Waals surface area contributed by atoms with Gasteiger partial charge in [-0.1, -0.05) is 13.8 Å². The molecule has 1 aliphatic carbocycles. The maximum atomic E-state index is 12.5. The van der Waals surface area contributed by atoms with Crippen LogP contribution in [-0.4, -0.2) is 41.6 Å². The Morgan fingerprint density at radius 2 is 1.90 bits per heavy atom. The van der Waals surface area contributed by atoms with E-state index >= 15 is 0 Å². The lowest BCUT2D eigenvalue weighted by atomic mass is 9.62. The summed E-state index contributed by atoms with van der Waals surface area (Å²) in [6.07, 6.45) is 3.58. The quantitative estimate of drug-likeness (QED) is 0.814. The normalized spacial score (nSPS) is 20.7. The van der Waals surface area contributed by atoms with Gasteiger partial charge in [-0.25, -0.2) is 4.79 Å². The largest absolute Gasteiger partial charge is 0.495 e. The van der Waals surface area contributed by atoms with Gasteiger partial charge in [-0.15, -0.1) is 0 Å². The summed E-state index contributed by atoms with van der Waals surface area (Å²) in [5.74, 6) is 0.126. The third-order valence-electron chi connectivity index (χ3n) is 7.08. The van der Waals surface area contributed by atoms with Gasteiger partial charge in [-0.2, -0.15) is 0 Å². The van der Waals surface area contributed by atoms with Gasteiger partial charge in [0.1, 0.15) is 17.1 Å². The van der Waals surface area contributed by atoms with Crippen LogP contribution in [0.25, 0.3) is 11.3 Å². The van der Waals surface area contributed by atoms with Crippen molar-refractivity contribution in [3.05, 3.63) is 45.7 Å². The van der Waals surface area contributed by atoms with Crippen LogP contribution in [0.3, 0.4) is 0 Å². The Labute approximate surface area is 180 Å². The summed E-state index contributed by atoms with van der Waals surface area (Å²) < 4.78 is 7.64. The van der Waals surface area contributed by atoms with Crippen molar-refractivity contribution in [3.8, 4) is 17.0 Å². The molecule has 1 saturated heterocycles. The number of pyridine rings is 1. The topological polar surface area (TPSA) is 88.8 Å². The maximum Gasteiger partial charge on any atom is 0.341 e. The average molecular weight is 422 g/mol. The lowest BCUT2D eigenvalue weighted by molar-refractivity contribution is -0.134. The summed E-state index contributed by atoms with van der Waals surface area (Å²) in [6.45, 7) is 5.93. The first-order chi connectivity index (χ1) is 14.7. The second kappa shape index (κ2) is 6.70. The number of aromatic carboxylic acids is 1. The van der Waals surface area contributed by atoms with Gasteiger partial charge in [0, 0.05) is 55.2 Å². The molecular weight excluding hydrogens is 396 g/mol. The number of hydrogen-bond acceptors (Lipinski definition) is 5. The summed E-state index contributed by atoms with van der Waals surface area (Å²) >= 11 is 0. The highest BCUT2D eigenvalue weighted by molar-refractivity contribution is 5.89. The minimum atomic E-state index is -1.21. The zero-order valence-corrected chi connectivity index (χ0v) is 18.0. The van der Waals surface area contributed by atoms with Gasteiger partial charge >= 0.3 is 5.97 Å². The monoisotopic (exact) mass is 422 g/mol. The van der Waals surface area contributed by atoms with E-state index in [4.69, 9.17) is 4.74 Å². The number of Topliss-reactive ketones (excluding diaryl/α,β-unsaturated/α-hetero) is 1. The van der Waals surface area contributed by atoms with Crippen LogP contribution in [0.15, 0.2) is 29.2 Å². The number of anilines is 1. The molecule has 1 spiro atoms. The number of hydrogen-bond donors (Lipinski definition) is 1. The van der Waals surface area contributed by atoms with Crippen LogP contribution in [0.4, 0.5) is 5.69 Å². The number of ketones is 1. The fourth-order valence-electron chi connectivity index (χ4n) is 5.45. The number of rotatable bonds is 4. The van der Waals surface area contributed by atoms with E-state index in [2.05, 4.69) is 24.8 Å². The van der Waals surface area contributed by atoms with E-state index < -0.39 is 11.4 Å². The van der Waals surface area contributed by atoms with Gasteiger partial charge in [0.05, 0.1) is 18.5 Å². The fraction of sp³-hybridized carbons (Fsp3) is 0.458. The molecule has 162 valence electrons. The molecule has 2 aromatic rings. The van der Waals surface area contributed by atoms with Gasteiger partial charge in [0.25, 0.3) is 0 Å². The molecule has 1 N–H and O–H groups in total. The first-order valence-corrected chi connectivity index (χ1v) is 10.7. The van der Waals surface area contributed by atoms with E-state index in [0.717, 1.165) is 47.8 Å². The number of aromatic nitrogens is 1. The average Bonchev–Trinajstić information content (AvgIpc) is 2.67. The highest BCUT2D eigenvalue weighted by atomic mass is 16.5. The van der Waals surface area contributed by atoms with Crippen molar-refractivity contribution in [2.75, 3.05) is 25.1 Å². The molecule has 3 heterocycles. The molecule has 2 fully saturated rings. The van der Waals surface area contributed by atoms with E-state index in [0.29, 0.717) is 18.6 Å². The Kier molecular flexibility index (Phi) is 4.29. The first kappa shape index (κ1) is 19.8. The molecular formula is C24H26N2O5. The van der Waals surface area contributed by atoms with E-state index in [9.17, 15) is 19.5 Å². The van der Waals surface area contributed by atoms with Crippen molar-refractivity contribution in [1.82, 2.24) is 4.57 Å². The van der Waals surface area contributed by atoms with Crippen molar-refractivity contribution in [2.24, 2.45) is 11.3 Å². The fourth-order valence-corrected chi connectivity index (χ4v) is 5.45. The predicted molar refractivity (Wildman–Crippen MR) is 116 cm³/mol.